The van der Waals surface area contributed by atoms with Crippen LogP contribution in [0.4, 0.5) is 5.69 Å². The first kappa shape index (κ1) is 12.0. The van der Waals surface area contributed by atoms with Crippen LogP contribution in [0.3, 0.4) is 0 Å². The standard InChI is InChI=1S/C15H14N2OS/c1-11(14-6-3-8-18-14)17-13-5-2-4-12(10-13)15-16-7-9-19-15/h2-11,17H,1H3. The van der Waals surface area contributed by atoms with Crippen molar-refractivity contribution in [3.63, 3.8) is 0 Å². The van der Waals surface area contributed by atoms with Crippen molar-refractivity contribution in [3.05, 3.63) is 60.0 Å². The molecule has 3 rings (SSSR count). The molecule has 0 saturated carbocycles. The van der Waals surface area contributed by atoms with Crippen LogP contribution in [0.2, 0.25) is 0 Å². The Morgan fingerprint density at radius 2 is 2.21 bits per heavy atom. The summed E-state index contributed by atoms with van der Waals surface area (Å²) in [5.41, 5.74) is 2.20. The summed E-state index contributed by atoms with van der Waals surface area (Å²) < 4.78 is 5.40. The summed E-state index contributed by atoms with van der Waals surface area (Å²) in [7, 11) is 0. The fourth-order valence-electron chi connectivity index (χ4n) is 1.97. The number of hydrogen-bond acceptors (Lipinski definition) is 4. The van der Waals surface area contributed by atoms with Gasteiger partial charge in [-0.05, 0) is 31.2 Å². The minimum atomic E-state index is 0.140. The van der Waals surface area contributed by atoms with E-state index < -0.39 is 0 Å². The van der Waals surface area contributed by atoms with Crippen LogP contribution >= 0.6 is 11.3 Å². The van der Waals surface area contributed by atoms with Gasteiger partial charge in [0.25, 0.3) is 0 Å². The molecule has 0 aliphatic rings. The Hall–Kier alpha value is -2.07. The third-order valence-electron chi connectivity index (χ3n) is 2.89. The van der Waals surface area contributed by atoms with E-state index in [1.165, 1.54) is 0 Å². The first-order valence-corrected chi connectivity index (χ1v) is 7.01. The number of thiazole rings is 1. The summed E-state index contributed by atoms with van der Waals surface area (Å²) in [6, 6.07) is 12.3. The molecule has 0 saturated heterocycles. The van der Waals surface area contributed by atoms with Crippen molar-refractivity contribution in [2.75, 3.05) is 5.32 Å². The SMILES string of the molecule is CC(Nc1cccc(-c2nccs2)c1)c1ccco1. The second-order valence-electron chi connectivity index (χ2n) is 4.30. The molecule has 96 valence electrons. The smallest absolute Gasteiger partial charge is 0.125 e. The lowest BCUT2D eigenvalue weighted by molar-refractivity contribution is 0.490. The van der Waals surface area contributed by atoms with Gasteiger partial charge < -0.3 is 9.73 Å². The predicted molar refractivity (Wildman–Crippen MR) is 78.3 cm³/mol. The number of anilines is 1. The molecule has 3 aromatic rings. The van der Waals surface area contributed by atoms with Gasteiger partial charge in [0.05, 0.1) is 12.3 Å². The van der Waals surface area contributed by atoms with E-state index in [9.17, 15) is 0 Å². The average molecular weight is 270 g/mol. The monoisotopic (exact) mass is 270 g/mol. The Balaban J connectivity index is 1.80. The third kappa shape index (κ3) is 2.69. The Morgan fingerprint density at radius 1 is 1.26 bits per heavy atom. The molecule has 0 bridgehead atoms. The van der Waals surface area contributed by atoms with E-state index in [1.54, 1.807) is 17.6 Å². The first-order valence-electron chi connectivity index (χ1n) is 6.13. The van der Waals surface area contributed by atoms with Crippen LogP contribution < -0.4 is 5.32 Å². The van der Waals surface area contributed by atoms with Crippen molar-refractivity contribution >= 4 is 17.0 Å². The molecule has 2 aromatic heterocycles. The van der Waals surface area contributed by atoms with E-state index in [0.717, 1.165) is 22.0 Å². The molecule has 19 heavy (non-hydrogen) atoms. The van der Waals surface area contributed by atoms with Crippen LogP contribution in [0.25, 0.3) is 10.6 Å². The van der Waals surface area contributed by atoms with Crippen LogP contribution in [-0.4, -0.2) is 4.98 Å². The molecule has 4 heteroatoms. The summed E-state index contributed by atoms with van der Waals surface area (Å²) in [4.78, 5) is 4.33. The minimum Gasteiger partial charge on any atom is -0.467 e. The maximum absolute atomic E-state index is 5.40. The Bertz CT molecular complexity index is 632. The Morgan fingerprint density at radius 3 is 2.95 bits per heavy atom. The largest absolute Gasteiger partial charge is 0.467 e. The topological polar surface area (TPSA) is 38.1 Å². The molecule has 0 amide bonds. The van der Waals surface area contributed by atoms with Crippen molar-refractivity contribution in [2.45, 2.75) is 13.0 Å². The van der Waals surface area contributed by atoms with Crippen molar-refractivity contribution in [3.8, 4) is 10.6 Å². The van der Waals surface area contributed by atoms with Crippen LogP contribution in [-0.2, 0) is 0 Å². The van der Waals surface area contributed by atoms with Gasteiger partial charge in [-0.1, -0.05) is 12.1 Å². The molecule has 0 aliphatic carbocycles. The highest BCUT2D eigenvalue weighted by Gasteiger charge is 2.08. The fraction of sp³-hybridized carbons (Fsp3) is 0.133. The number of benzene rings is 1. The van der Waals surface area contributed by atoms with Gasteiger partial charge in [-0.25, -0.2) is 4.98 Å². The van der Waals surface area contributed by atoms with E-state index in [0.29, 0.717) is 0 Å². The molecular formula is C15H14N2OS. The molecule has 1 unspecified atom stereocenters. The fourth-order valence-corrected chi connectivity index (χ4v) is 2.60. The highest BCUT2D eigenvalue weighted by molar-refractivity contribution is 7.13. The lowest BCUT2D eigenvalue weighted by Gasteiger charge is -2.13. The van der Waals surface area contributed by atoms with Crippen molar-refractivity contribution in [1.29, 1.82) is 0 Å². The van der Waals surface area contributed by atoms with Gasteiger partial charge in [-0.2, -0.15) is 0 Å². The predicted octanol–water partition coefficient (Wildman–Crippen LogP) is 4.58. The third-order valence-corrected chi connectivity index (χ3v) is 3.72. The summed E-state index contributed by atoms with van der Waals surface area (Å²) in [5.74, 6) is 0.930. The number of hydrogen-bond donors (Lipinski definition) is 1. The van der Waals surface area contributed by atoms with E-state index >= 15 is 0 Å². The summed E-state index contributed by atoms with van der Waals surface area (Å²) in [6.45, 7) is 2.08. The molecule has 0 fully saturated rings. The van der Waals surface area contributed by atoms with Crippen molar-refractivity contribution in [1.82, 2.24) is 4.98 Å². The van der Waals surface area contributed by atoms with Gasteiger partial charge >= 0.3 is 0 Å². The maximum atomic E-state index is 5.40. The van der Waals surface area contributed by atoms with Crippen molar-refractivity contribution < 1.29 is 4.42 Å². The number of nitrogens with one attached hydrogen (secondary N) is 1. The zero-order chi connectivity index (χ0) is 13.1. The van der Waals surface area contributed by atoms with Gasteiger partial charge in [0.2, 0.25) is 0 Å². The second-order valence-corrected chi connectivity index (χ2v) is 5.19. The molecule has 2 heterocycles. The van der Waals surface area contributed by atoms with E-state index in [4.69, 9.17) is 4.42 Å². The van der Waals surface area contributed by atoms with E-state index in [-0.39, 0.29) is 6.04 Å². The number of aromatic nitrogens is 1. The Labute approximate surface area is 115 Å². The second kappa shape index (κ2) is 5.28. The highest BCUT2D eigenvalue weighted by Crippen LogP contribution is 2.26. The van der Waals surface area contributed by atoms with Crippen LogP contribution in [0.1, 0.15) is 18.7 Å². The summed E-state index contributed by atoms with van der Waals surface area (Å²) in [6.07, 6.45) is 3.52. The molecule has 0 radical (unpaired) electrons. The number of furan rings is 1. The van der Waals surface area contributed by atoms with Gasteiger partial charge in [0.1, 0.15) is 10.8 Å². The molecule has 1 aromatic carbocycles. The highest BCUT2D eigenvalue weighted by atomic mass is 32.1. The average Bonchev–Trinajstić information content (AvgIpc) is 3.13. The zero-order valence-electron chi connectivity index (χ0n) is 10.5. The van der Waals surface area contributed by atoms with E-state index in [1.807, 2.05) is 29.8 Å². The van der Waals surface area contributed by atoms with Crippen LogP contribution in [0.5, 0.6) is 0 Å². The quantitative estimate of drug-likeness (QED) is 0.754. The normalized spacial score (nSPS) is 12.3. The van der Waals surface area contributed by atoms with E-state index in [2.05, 4.69) is 35.4 Å². The molecule has 0 aliphatic heterocycles. The lowest BCUT2D eigenvalue weighted by atomic mass is 10.2. The molecule has 1 atom stereocenters. The van der Waals surface area contributed by atoms with Gasteiger partial charge in [0, 0.05) is 22.8 Å². The molecular weight excluding hydrogens is 256 g/mol. The maximum Gasteiger partial charge on any atom is 0.125 e. The zero-order valence-corrected chi connectivity index (χ0v) is 11.4. The minimum absolute atomic E-state index is 0.140. The lowest BCUT2D eigenvalue weighted by Crippen LogP contribution is -2.05. The van der Waals surface area contributed by atoms with Gasteiger partial charge in [-0.3, -0.25) is 0 Å². The van der Waals surface area contributed by atoms with Crippen LogP contribution in [0.15, 0.2) is 58.7 Å². The molecule has 0 spiro atoms. The number of nitrogens with zero attached hydrogens (tertiary/aromatic N) is 1. The van der Waals surface area contributed by atoms with Crippen molar-refractivity contribution in [2.24, 2.45) is 0 Å². The van der Waals surface area contributed by atoms with Gasteiger partial charge in [-0.15, -0.1) is 11.3 Å². The Kier molecular flexibility index (Phi) is 3.33. The summed E-state index contributed by atoms with van der Waals surface area (Å²) in [5, 5.41) is 6.45. The molecule has 1 N–H and O–H groups in total. The van der Waals surface area contributed by atoms with Gasteiger partial charge in [0.15, 0.2) is 0 Å². The number of rotatable bonds is 4. The first-order chi connectivity index (χ1) is 9.33. The summed E-state index contributed by atoms with van der Waals surface area (Å²) >= 11 is 1.64. The molecule has 3 nitrogen and oxygen atoms in total. The van der Waals surface area contributed by atoms with Crippen LogP contribution in [0, 0.1) is 0 Å².